The van der Waals surface area contributed by atoms with E-state index in [9.17, 15) is 0 Å². The summed E-state index contributed by atoms with van der Waals surface area (Å²) >= 11 is 0. The van der Waals surface area contributed by atoms with Gasteiger partial charge in [0.1, 0.15) is 0 Å². The molecule has 9 unspecified atom stereocenters. The molecule has 0 aromatic rings. The van der Waals surface area contributed by atoms with E-state index >= 15 is 0 Å². The molecule has 0 heterocycles. The molecule has 0 amide bonds. The lowest BCUT2D eigenvalue weighted by atomic mass is 9.43. The van der Waals surface area contributed by atoms with Crippen LogP contribution in [0.2, 0.25) is 0 Å². The number of nitrogens with two attached hydrogens (primary N) is 2. The highest BCUT2D eigenvalue weighted by molar-refractivity contribution is 5.12. The Labute approximate surface area is 143 Å². The molecular weight excluding hydrogens is 280 g/mol. The lowest BCUT2D eigenvalue weighted by Crippen LogP contribution is -2.60. The molecule has 23 heavy (non-hydrogen) atoms. The van der Waals surface area contributed by atoms with E-state index in [-0.39, 0.29) is 0 Å². The number of fused-ring (bicyclic) bond motifs is 5. The van der Waals surface area contributed by atoms with Crippen LogP contribution in [0.4, 0.5) is 0 Å². The Morgan fingerprint density at radius 3 is 2.30 bits per heavy atom. The monoisotopic (exact) mass is 318 g/mol. The Hall–Kier alpha value is -0.0800. The summed E-state index contributed by atoms with van der Waals surface area (Å²) in [6.45, 7) is 7.64. The third-order valence-corrected chi connectivity index (χ3v) is 9.49. The van der Waals surface area contributed by atoms with Crippen molar-refractivity contribution in [1.82, 2.24) is 0 Å². The molecule has 4 N–H and O–H groups in total. The maximum absolute atomic E-state index is 6.86. The summed E-state index contributed by atoms with van der Waals surface area (Å²) in [7, 11) is 0. The molecule has 132 valence electrons. The average molecular weight is 319 g/mol. The van der Waals surface area contributed by atoms with Crippen molar-refractivity contribution in [1.29, 1.82) is 0 Å². The van der Waals surface area contributed by atoms with Crippen LogP contribution in [-0.2, 0) is 0 Å². The summed E-state index contributed by atoms with van der Waals surface area (Å²) in [4.78, 5) is 0. The molecule has 4 rings (SSSR count). The molecule has 0 spiro atoms. The van der Waals surface area contributed by atoms with Crippen LogP contribution in [0, 0.1) is 40.4 Å². The Morgan fingerprint density at radius 2 is 1.57 bits per heavy atom. The van der Waals surface area contributed by atoms with E-state index in [4.69, 9.17) is 11.5 Å². The first-order chi connectivity index (χ1) is 10.9. The van der Waals surface area contributed by atoms with Gasteiger partial charge < -0.3 is 11.5 Å². The predicted octanol–water partition coefficient (Wildman–Crippen LogP) is 4.32. The number of rotatable bonds is 1. The SMILES string of the molecule is CCC1CCC2C3C(N)CC4CC(N)CCC4(C)C3CCC12C. The molecule has 4 aliphatic carbocycles. The zero-order chi connectivity index (χ0) is 16.4. The van der Waals surface area contributed by atoms with Gasteiger partial charge in [-0.05, 0) is 91.8 Å². The van der Waals surface area contributed by atoms with Gasteiger partial charge in [0.25, 0.3) is 0 Å². The summed E-state index contributed by atoms with van der Waals surface area (Å²) in [6.07, 6.45) is 12.2. The first-order valence-electron chi connectivity index (χ1n) is 10.4. The topological polar surface area (TPSA) is 52.0 Å². The van der Waals surface area contributed by atoms with Crippen molar-refractivity contribution in [2.75, 3.05) is 0 Å². The molecule has 4 saturated carbocycles. The molecule has 0 saturated heterocycles. The Morgan fingerprint density at radius 1 is 0.870 bits per heavy atom. The Bertz CT molecular complexity index is 463. The third-order valence-electron chi connectivity index (χ3n) is 9.49. The van der Waals surface area contributed by atoms with Crippen LogP contribution in [0.1, 0.15) is 78.6 Å². The zero-order valence-corrected chi connectivity index (χ0v) is 15.6. The van der Waals surface area contributed by atoms with Crippen molar-refractivity contribution < 1.29 is 0 Å². The maximum Gasteiger partial charge on any atom is 0.00757 e. The second-order valence-corrected chi connectivity index (χ2v) is 10.2. The Kier molecular flexibility index (Phi) is 3.89. The summed E-state index contributed by atoms with van der Waals surface area (Å²) in [6, 6.07) is 0.866. The van der Waals surface area contributed by atoms with Gasteiger partial charge in [0.05, 0.1) is 0 Å². The van der Waals surface area contributed by atoms with E-state index in [1.54, 1.807) is 0 Å². The minimum absolute atomic E-state index is 0.432. The lowest BCUT2D eigenvalue weighted by molar-refractivity contribution is -0.121. The molecule has 2 nitrogen and oxygen atoms in total. The molecule has 2 heteroatoms. The zero-order valence-electron chi connectivity index (χ0n) is 15.6. The minimum Gasteiger partial charge on any atom is -0.328 e. The van der Waals surface area contributed by atoms with Crippen LogP contribution < -0.4 is 11.5 Å². The molecule has 0 aromatic carbocycles. The summed E-state index contributed by atoms with van der Waals surface area (Å²) in [5.74, 6) is 4.30. The van der Waals surface area contributed by atoms with Crippen LogP contribution in [0.25, 0.3) is 0 Å². The van der Waals surface area contributed by atoms with Gasteiger partial charge in [0.2, 0.25) is 0 Å². The summed E-state index contributed by atoms with van der Waals surface area (Å²) < 4.78 is 0. The van der Waals surface area contributed by atoms with Crippen molar-refractivity contribution in [2.45, 2.75) is 90.6 Å². The van der Waals surface area contributed by atoms with E-state index in [1.807, 2.05) is 0 Å². The highest BCUT2D eigenvalue weighted by atomic mass is 14.8. The quantitative estimate of drug-likeness (QED) is 0.756. The van der Waals surface area contributed by atoms with Gasteiger partial charge in [0.15, 0.2) is 0 Å². The standard InChI is InChI=1S/C21H38N2/c1-4-13-5-6-16-19-17(8-10-20(13,16)2)21(3)9-7-15(22)11-14(21)12-18(19)23/h13-19H,4-12,22-23H2,1-3H3. The molecular formula is C21H38N2. The van der Waals surface area contributed by atoms with Crippen LogP contribution in [-0.4, -0.2) is 12.1 Å². The van der Waals surface area contributed by atoms with E-state index in [0.29, 0.717) is 22.9 Å². The van der Waals surface area contributed by atoms with Crippen LogP contribution in [0.3, 0.4) is 0 Å². The predicted molar refractivity (Wildman–Crippen MR) is 96.8 cm³/mol. The highest BCUT2D eigenvalue weighted by Crippen LogP contribution is 2.67. The van der Waals surface area contributed by atoms with Crippen LogP contribution >= 0.6 is 0 Å². The minimum atomic E-state index is 0.432. The van der Waals surface area contributed by atoms with E-state index in [0.717, 1.165) is 29.6 Å². The second-order valence-electron chi connectivity index (χ2n) is 10.2. The molecule has 9 atom stereocenters. The van der Waals surface area contributed by atoms with Crippen molar-refractivity contribution in [3.05, 3.63) is 0 Å². The van der Waals surface area contributed by atoms with Gasteiger partial charge >= 0.3 is 0 Å². The van der Waals surface area contributed by atoms with Gasteiger partial charge in [-0.25, -0.2) is 0 Å². The highest BCUT2D eigenvalue weighted by Gasteiger charge is 2.61. The van der Waals surface area contributed by atoms with Gasteiger partial charge in [-0.15, -0.1) is 0 Å². The van der Waals surface area contributed by atoms with Crippen molar-refractivity contribution in [2.24, 2.45) is 51.9 Å². The van der Waals surface area contributed by atoms with Crippen LogP contribution in [0.5, 0.6) is 0 Å². The van der Waals surface area contributed by atoms with E-state index < -0.39 is 0 Å². The van der Waals surface area contributed by atoms with Gasteiger partial charge in [-0.3, -0.25) is 0 Å². The fraction of sp³-hybridized carbons (Fsp3) is 1.00. The smallest absolute Gasteiger partial charge is 0.00757 e. The lowest BCUT2D eigenvalue weighted by Gasteiger charge is -2.62. The first-order valence-corrected chi connectivity index (χ1v) is 10.4. The fourth-order valence-electron chi connectivity index (χ4n) is 8.13. The molecule has 0 aliphatic heterocycles. The van der Waals surface area contributed by atoms with E-state index in [1.165, 1.54) is 57.8 Å². The molecule has 0 aromatic heterocycles. The normalized spacial score (nSPS) is 59.1. The molecule has 0 bridgehead atoms. The summed E-state index contributed by atoms with van der Waals surface area (Å²) in [5, 5.41) is 0. The molecule has 0 radical (unpaired) electrons. The summed E-state index contributed by atoms with van der Waals surface area (Å²) in [5.41, 5.74) is 14.3. The van der Waals surface area contributed by atoms with Crippen molar-refractivity contribution in [3.63, 3.8) is 0 Å². The van der Waals surface area contributed by atoms with Gasteiger partial charge in [-0.1, -0.05) is 27.2 Å². The van der Waals surface area contributed by atoms with Crippen molar-refractivity contribution >= 4 is 0 Å². The van der Waals surface area contributed by atoms with Gasteiger partial charge in [0, 0.05) is 12.1 Å². The fourth-order valence-corrected chi connectivity index (χ4v) is 8.13. The second kappa shape index (κ2) is 5.46. The largest absolute Gasteiger partial charge is 0.328 e. The van der Waals surface area contributed by atoms with E-state index in [2.05, 4.69) is 20.8 Å². The number of hydrogen-bond donors (Lipinski definition) is 2. The number of hydrogen-bond acceptors (Lipinski definition) is 2. The molecule has 4 fully saturated rings. The first kappa shape index (κ1) is 16.4. The Balaban J connectivity index is 1.66. The maximum atomic E-state index is 6.86. The van der Waals surface area contributed by atoms with Gasteiger partial charge in [-0.2, -0.15) is 0 Å². The average Bonchev–Trinajstić information content (AvgIpc) is 2.85. The third kappa shape index (κ3) is 2.20. The van der Waals surface area contributed by atoms with Crippen LogP contribution in [0.15, 0.2) is 0 Å². The van der Waals surface area contributed by atoms with Crippen molar-refractivity contribution in [3.8, 4) is 0 Å². The molecule has 4 aliphatic rings.